The number of rotatable bonds is 5. The molecule has 1 aromatic rings. The molecule has 0 aromatic heterocycles. The van der Waals surface area contributed by atoms with E-state index in [0.29, 0.717) is 11.6 Å². The minimum Gasteiger partial charge on any atom is -0.379 e. The van der Waals surface area contributed by atoms with Gasteiger partial charge in [0.05, 0.1) is 13.2 Å². The van der Waals surface area contributed by atoms with E-state index < -0.39 is 0 Å². The van der Waals surface area contributed by atoms with E-state index in [1.54, 1.807) is 6.07 Å². The zero-order valence-corrected chi connectivity index (χ0v) is 13.1. The van der Waals surface area contributed by atoms with E-state index in [4.69, 9.17) is 16.3 Å². The van der Waals surface area contributed by atoms with Gasteiger partial charge in [0.25, 0.3) is 0 Å². The third-order valence-electron chi connectivity index (χ3n) is 3.48. The monoisotopic (exact) mass is 311 g/mol. The summed E-state index contributed by atoms with van der Waals surface area (Å²) in [5.74, 6) is 0. The molecule has 1 fully saturated rings. The molecule has 0 spiro atoms. The molecule has 5 nitrogen and oxygen atoms in total. The van der Waals surface area contributed by atoms with Crippen LogP contribution in [-0.2, 0) is 4.74 Å². The summed E-state index contributed by atoms with van der Waals surface area (Å²) in [6.07, 6.45) is 0.938. The Balaban J connectivity index is 1.65. The molecule has 2 N–H and O–H groups in total. The maximum Gasteiger partial charge on any atom is 0.319 e. The Morgan fingerprint density at radius 2 is 2.14 bits per heavy atom. The quantitative estimate of drug-likeness (QED) is 0.822. The van der Waals surface area contributed by atoms with Crippen LogP contribution in [0.5, 0.6) is 0 Å². The van der Waals surface area contributed by atoms with Gasteiger partial charge in [-0.25, -0.2) is 4.79 Å². The van der Waals surface area contributed by atoms with Gasteiger partial charge in [-0.1, -0.05) is 11.6 Å². The van der Waals surface area contributed by atoms with Crippen molar-refractivity contribution < 1.29 is 9.53 Å². The summed E-state index contributed by atoms with van der Waals surface area (Å²) in [6.45, 7) is 7.15. The second kappa shape index (κ2) is 8.22. The molecule has 0 atom stereocenters. The fourth-order valence-corrected chi connectivity index (χ4v) is 2.49. The summed E-state index contributed by atoms with van der Waals surface area (Å²) in [5, 5.41) is 6.38. The summed E-state index contributed by atoms with van der Waals surface area (Å²) in [5.41, 5.74) is 1.73. The second-order valence-corrected chi connectivity index (χ2v) is 5.58. The van der Waals surface area contributed by atoms with E-state index in [-0.39, 0.29) is 6.03 Å². The van der Waals surface area contributed by atoms with Gasteiger partial charge in [0, 0.05) is 30.3 Å². The number of anilines is 1. The fraction of sp³-hybridized carbons (Fsp3) is 0.533. The van der Waals surface area contributed by atoms with E-state index in [0.717, 1.165) is 50.5 Å². The highest BCUT2D eigenvalue weighted by molar-refractivity contribution is 6.30. The van der Waals surface area contributed by atoms with Gasteiger partial charge < -0.3 is 15.4 Å². The average Bonchev–Trinajstić information content (AvgIpc) is 2.48. The van der Waals surface area contributed by atoms with Crippen LogP contribution in [0.25, 0.3) is 0 Å². The van der Waals surface area contributed by atoms with Crippen LogP contribution in [0, 0.1) is 6.92 Å². The number of hydrogen-bond donors (Lipinski definition) is 2. The minimum absolute atomic E-state index is 0.178. The molecule has 0 saturated carbocycles. The molecule has 0 bridgehead atoms. The molecule has 6 heteroatoms. The van der Waals surface area contributed by atoms with E-state index in [1.807, 2.05) is 19.1 Å². The number of aryl methyl sites for hydroxylation is 1. The first-order valence-corrected chi connectivity index (χ1v) is 7.64. The highest BCUT2D eigenvalue weighted by atomic mass is 35.5. The van der Waals surface area contributed by atoms with Gasteiger partial charge in [0.2, 0.25) is 0 Å². The normalized spacial score (nSPS) is 15.7. The highest BCUT2D eigenvalue weighted by Gasteiger charge is 2.09. The van der Waals surface area contributed by atoms with Crippen LogP contribution >= 0.6 is 11.6 Å². The van der Waals surface area contributed by atoms with Crippen molar-refractivity contribution >= 4 is 23.3 Å². The van der Waals surface area contributed by atoms with Crippen molar-refractivity contribution in [3.63, 3.8) is 0 Å². The van der Waals surface area contributed by atoms with Gasteiger partial charge >= 0.3 is 6.03 Å². The lowest BCUT2D eigenvalue weighted by Crippen LogP contribution is -2.38. The van der Waals surface area contributed by atoms with Gasteiger partial charge in [-0.05, 0) is 43.7 Å². The van der Waals surface area contributed by atoms with Crippen molar-refractivity contribution in [2.45, 2.75) is 13.3 Å². The Morgan fingerprint density at radius 3 is 2.86 bits per heavy atom. The first kappa shape index (κ1) is 16.1. The standard InChI is InChI=1S/C15H22ClN3O2/c1-12-11-13(16)3-4-14(12)18-15(20)17-5-2-6-19-7-9-21-10-8-19/h3-4,11H,2,5-10H2,1H3,(H2,17,18,20). The van der Waals surface area contributed by atoms with Gasteiger partial charge in [-0.2, -0.15) is 0 Å². The van der Waals surface area contributed by atoms with Crippen molar-refractivity contribution in [3.8, 4) is 0 Å². The zero-order chi connectivity index (χ0) is 15.1. The Morgan fingerprint density at radius 1 is 1.38 bits per heavy atom. The molecule has 0 radical (unpaired) electrons. The molecule has 0 aliphatic carbocycles. The summed E-state index contributed by atoms with van der Waals surface area (Å²) < 4.78 is 5.30. The largest absolute Gasteiger partial charge is 0.379 e. The van der Waals surface area contributed by atoms with Crippen LogP contribution in [0.4, 0.5) is 10.5 Å². The summed E-state index contributed by atoms with van der Waals surface area (Å²) in [6, 6.07) is 5.23. The molecule has 1 heterocycles. The van der Waals surface area contributed by atoms with Gasteiger partial charge in [-0.3, -0.25) is 4.90 Å². The van der Waals surface area contributed by atoms with Crippen molar-refractivity contribution in [1.82, 2.24) is 10.2 Å². The molecular formula is C15H22ClN3O2. The number of benzene rings is 1. The van der Waals surface area contributed by atoms with E-state index >= 15 is 0 Å². The first-order chi connectivity index (χ1) is 10.1. The molecule has 1 saturated heterocycles. The number of morpholine rings is 1. The number of carbonyl (C=O) groups is 1. The number of ether oxygens (including phenoxy) is 1. The van der Waals surface area contributed by atoms with Crippen LogP contribution in [-0.4, -0.2) is 50.3 Å². The highest BCUT2D eigenvalue weighted by Crippen LogP contribution is 2.19. The molecule has 21 heavy (non-hydrogen) atoms. The second-order valence-electron chi connectivity index (χ2n) is 5.15. The molecule has 2 amide bonds. The Hall–Kier alpha value is -1.30. The average molecular weight is 312 g/mol. The van der Waals surface area contributed by atoms with Crippen LogP contribution < -0.4 is 10.6 Å². The SMILES string of the molecule is Cc1cc(Cl)ccc1NC(=O)NCCCN1CCOCC1. The lowest BCUT2D eigenvalue weighted by atomic mass is 10.2. The topological polar surface area (TPSA) is 53.6 Å². The summed E-state index contributed by atoms with van der Waals surface area (Å²) >= 11 is 5.89. The van der Waals surface area contributed by atoms with Crippen molar-refractivity contribution in [1.29, 1.82) is 0 Å². The van der Waals surface area contributed by atoms with E-state index in [2.05, 4.69) is 15.5 Å². The van der Waals surface area contributed by atoms with Crippen LogP contribution in [0.2, 0.25) is 5.02 Å². The lowest BCUT2D eigenvalue weighted by Gasteiger charge is -2.26. The third-order valence-corrected chi connectivity index (χ3v) is 3.71. The number of amides is 2. The first-order valence-electron chi connectivity index (χ1n) is 7.26. The number of urea groups is 1. The zero-order valence-electron chi connectivity index (χ0n) is 12.3. The third kappa shape index (κ3) is 5.53. The van der Waals surface area contributed by atoms with E-state index in [1.165, 1.54) is 0 Å². The molecule has 0 unspecified atom stereocenters. The number of nitrogens with zero attached hydrogens (tertiary/aromatic N) is 1. The number of halogens is 1. The Bertz CT molecular complexity index is 476. The number of carbonyl (C=O) groups excluding carboxylic acids is 1. The van der Waals surface area contributed by atoms with E-state index in [9.17, 15) is 4.79 Å². The van der Waals surface area contributed by atoms with Crippen LogP contribution in [0.15, 0.2) is 18.2 Å². The molecule has 1 aliphatic heterocycles. The fourth-order valence-electron chi connectivity index (χ4n) is 2.26. The van der Waals surface area contributed by atoms with Crippen molar-refractivity contribution in [3.05, 3.63) is 28.8 Å². The summed E-state index contributed by atoms with van der Waals surface area (Å²) in [7, 11) is 0. The maximum absolute atomic E-state index is 11.8. The smallest absolute Gasteiger partial charge is 0.319 e. The van der Waals surface area contributed by atoms with Gasteiger partial charge in [0.15, 0.2) is 0 Å². The molecular weight excluding hydrogens is 290 g/mol. The predicted molar refractivity (Wildman–Crippen MR) is 85.1 cm³/mol. The van der Waals surface area contributed by atoms with Gasteiger partial charge in [-0.15, -0.1) is 0 Å². The lowest BCUT2D eigenvalue weighted by molar-refractivity contribution is 0.0375. The minimum atomic E-state index is -0.178. The maximum atomic E-state index is 11.8. The Kier molecular flexibility index (Phi) is 6.29. The summed E-state index contributed by atoms with van der Waals surface area (Å²) in [4.78, 5) is 14.2. The van der Waals surface area contributed by atoms with Crippen molar-refractivity contribution in [2.24, 2.45) is 0 Å². The molecule has 116 valence electrons. The molecule has 1 aliphatic rings. The number of hydrogen-bond acceptors (Lipinski definition) is 3. The van der Waals surface area contributed by atoms with Crippen LogP contribution in [0.1, 0.15) is 12.0 Å². The predicted octanol–water partition coefficient (Wildman–Crippen LogP) is 2.49. The molecule has 2 rings (SSSR count). The van der Waals surface area contributed by atoms with Crippen molar-refractivity contribution in [2.75, 3.05) is 44.7 Å². The number of nitrogens with one attached hydrogen (secondary N) is 2. The van der Waals surface area contributed by atoms with Crippen LogP contribution in [0.3, 0.4) is 0 Å². The Labute approximate surface area is 130 Å². The van der Waals surface area contributed by atoms with Gasteiger partial charge in [0.1, 0.15) is 0 Å². The molecule has 1 aromatic carbocycles.